The molecule has 18 N–H and O–H groups in total. The smallest absolute Gasteiger partial charge is 0.466 e. The number of carbonyl (C=O) groups is 2. The van der Waals surface area contributed by atoms with Gasteiger partial charge in [-0.2, -0.15) is 0 Å². The molecule has 0 bridgehead atoms. The Morgan fingerprint density at radius 3 is 0.812 bits per heavy atom. The minimum absolute atomic E-state index is 0. The fraction of sp³-hybridized carbons (Fsp3) is 0. The van der Waals surface area contributed by atoms with Gasteiger partial charge < -0.3 is 54.3 Å². The first-order chi connectivity index (χ1) is 4.64. The molecule has 0 unspecified atom stereocenters. The Morgan fingerprint density at radius 1 is 0.750 bits per heavy atom. The van der Waals surface area contributed by atoms with E-state index in [9.17, 15) is 0 Å². The monoisotopic (exact) mass is 275 g/mol. The van der Waals surface area contributed by atoms with Crippen LogP contribution in [-0.4, -0.2) is 47.8 Å². The Labute approximate surface area is 89.3 Å². The average Bonchev–Trinajstić information content (AvgIpc) is 1.59. The van der Waals surface area contributed by atoms with Gasteiger partial charge in [0, 0.05) is 0 Å². The lowest BCUT2D eigenvalue weighted by Crippen LogP contribution is -2.09. The van der Waals surface area contributed by atoms with Gasteiger partial charge in [0.25, 0.3) is 0 Å². The van der Waals surface area contributed by atoms with Crippen LogP contribution in [0, 0.1) is 0 Å². The zero-order valence-corrected chi connectivity index (χ0v) is 8.92. The summed E-state index contributed by atoms with van der Waals surface area (Å²) in [5.74, 6) is -3.65. The van der Waals surface area contributed by atoms with Crippen LogP contribution < -0.4 is 18.5 Å². The largest absolute Gasteiger partial charge is 0.473 e. The van der Waals surface area contributed by atoms with Gasteiger partial charge >= 0.3 is 19.8 Å². The van der Waals surface area contributed by atoms with E-state index < -0.39 is 19.8 Å². The van der Waals surface area contributed by atoms with Crippen molar-refractivity contribution < 1.29 is 50.0 Å². The molecule has 0 amide bonds. The number of carboxylic acid groups (broad SMARTS) is 2. The summed E-state index contributed by atoms with van der Waals surface area (Å²) >= 11 is 0. The van der Waals surface area contributed by atoms with Crippen molar-refractivity contribution in [3.8, 4) is 0 Å². The van der Waals surface area contributed by atoms with E-state index in [-0.39, 0.29) is 29.4 Å². The Hall–Kier alpha value is -1.15. The highest BCUT2D eigenvalue weighted by atomic mass is 31.2. The molecule has 13 nitrogen and oxygen atoms in total. The summed E-state index contributed by atoms with van der Waals surface area (Å²) in [5.41, 5.74) is 0. The Kier molecular flexibility index (Phi) is 56.1. The lowest BCUT2D eigenvalue weighted by Gasteiger charge is -1.82. The fourth-order valence-electron chi connectivity index (χ4n) is 0. The molecule has 14 heteroatoms. The van der Waals surface area contributed by atoms with Crippen molar-refractivity contribution in [1.29, 1.82) is 0 Å². The maximum atomic E-state index is 9.10. The molecule has 0 aliphatic heterocycles. The molecule has 0 aliphatic carbocycles. The third-order valence-electron chi connectivity index (χ3n) is 0.183. The molecule has 0 aliphatic rings. The molecule has 0 saturated carbocycles. The lowest BCUT2D eigenvalue weighted by molar-refractivity contribution is -0.159. The van der Waals surface area contributed by atoms with Crippen LogP contribution in [0.2, 0.25) is 0 Å². The first kappa shape index (κ1) is 46.2. The average molecular weight is 275 g/mol. The van der Waals surface area contributed by atoms with Gasteiger partial charge in [-0.3, -0.25) is 0 Å². The van der Waals surface area contributed by atoms with Crippen LogP contribution in [0.5, 0.6) is 0 Å². The molecule has 0 spiro atoms. The van der Waals surface area contributed by atoms with E-state index in [1.807, 2.05) is 0 Å². The molecule has 0 saturated heterocycles. The maximum absolute atomic E-state index is 9.10. The van der Waals surface area contributed by atoms with Crippen molar-refractivity contribution in [2.45, 2.75) is 0 Å². The summed E-state index contributed by atoms with van der Waals surface area (Å²) in [4.78, 5) is 39.8. The van der Waals surface area contributed by atoms with Crippen LogP contribution in [0.3, 0.4) is 0 Å². The van der Waals surface area contributed by atoms with Crippen molar-refractivity contribution in [3.05, 3.63) is 0 Å². The van der Waals surface area contributed by atoms with Gasteiger partial charge in [0.2, 0.25) is 0 Å². The Bertz CT molecular complexity index is 180. The zero-order chi connectivity index (χ0) is 9.65. The SMILES string of the molecule is N.N.N.O.O.O=C(O)C(=O)O.O=P(O)(O)O. The molecule has 0 aromatic heterocycles. The second kappa shape index (κ2) is 19.4. The highest BCUT2D eigenvalue weighted by Crippen LogP contribution is 2.25. The summed E-state index contributed by atoms with van der Waals surface area (Å²) in [7, 11) is -4.64. The van der Waals surface area contributed by atoms with Gasteiger partial charge in [-0.25, -0.2) is 14.2 Å². The second-order valence-corrected chi connectivity index (χ2v) is 2.15. The molecule has 0 radical (unpaired) electrons. The van der Waals surface area contributed by atoms with E-state index in [1.54, 1.807) is 0 Å². The van der Waals surface area contributed by atoms with Gasteiger partial charge in [-0.1, -0.05) is 0 Å². The standard InChI is InChI=1S/C2H2O4.3H3N.H3O4P.2H2O/c3-1(4)2(5)6;;;;1-5(2,3)4;;/h(H,3,4)(H,5,6);3*1H3;(H3,1,2,3,4);2*1H2. The second-order valence-electron chi connectivity index (χ2n) is 1.12. The molecule has 0 rings (SSSR count). The predicted molar refractivity (Wildman–Crippen MR) is 51.8 cm³/mol. The molecule has 0 aromatic rings. The third kappa shape index (κ3) is 222. The van der Waals surface area contributed by atoms with Crippen molar-refractivity contribution in [2.24, 2.45) is 0 Å². The molecular formula is C2H18N3O10P. The Balaban J connectivity index is -0.0000000155. The summed E-state index contributed by atoms with van der Waals surface area (Å²) in [5, 5.41) is 14.8. The minimum Gasteiger partial charge on any atom is -0.473 e. The van der Waals surface area contributed by atoms with E-state index in [1.165, 1.54) is 0 Å². The first-order valence-electron chi connectivity index (χ1n) is 1.89. The van der Waals surface area contributed by atoms with Gasteiger partial charge in [-0.15, -0.1) is 0 Å². The van der Waals surface area contributed by atoms with Gasteiger partial charge in [0.1, 0.15) is 0 Å². The summed E-state index contributed by atoms with van der Waals surface area (Å²) in [6.45, 7) is 0. The number of carboxylic acids is 2. The van der Waals surface area contributed by atoms with Gasteiger partial charge in [0.05, 0.1) is 0 Å². The molecule has 0 heterocycles. The highest BCUT2D eigenvalue weighted by molar-refractivity contribution is 7.45. The van der Waals surface area contributed by atoms with E-state index in [2.05, 4.69) is 0 Å². The number of phosphoric acid groups is 1. The lowest BCUT2D eigenvalue weighted by atomic mass is 10.7. The molecule has 0 aromatic carbocycles. The van der Waals surface area contributed by atoms with Crippen LogP contribution in [0.4, 0.5) is 0 Å². The van der Waals surface area contributed by atoms with Gasteiger partial charge in [-0.05, 0) is 0 Å². The maximum Gasteiger partial charge on any atom is 0.466 e. The quantitative estimate of drug-likeness (QED) is 0.163. The van der Waals surface area contributed by atoms with E-state index >= 15 is 0 Å². The van der Waals surface area contributed by atoms with Gasteiger partial charge in [0.15, 0.2) is 0 Å². The number of hydrogen-bond acceptors (Lipinski definition) is 6. The van der Waals surface area contributed by atoms with Crippen LogP contribution in [0.25, 0.3) is 0 Å². The van der Waals surface area contributed by atoms with Crippen LogP contribution in [-0.2, 0) is 14.2 Å². The Morgan fingerprint density at radius 2 is 0.812 bits per heavy atom. The van der Waals surface area contributed by atoms with E-state index in [0.717, 1.165) is 0 Å². The minimum atomic E-state index is -4.64. The fourth-order valence-corrected chi connectivity index (χ4v) is 0. The molecule has 16 heavy (non-hydrogen) atoms. The third-order valence-corrected chi connectivity index (χ3v) is 0.183. The van der Waals surface area contributed by atoms with Crippen molar-refractivity contribution in [1.82, 2.24) is 18.5 Å². The molecule has 0 atom stereocenters. The number of aliphatic carboxylic acids is 2. The van der Waals surface area contributed by atoms with E-state index in [4.69, 9.17) is 39.0 Å². The molecule has 106 valence electrons. The van der Waals surface area contributed by atoms with Crippen LogP contribution in [0.15, 0.2) is 0 Å². The normalized spacial score (nSPS) is 6.44. The molecule has 0 fully saturated rings. The summed E-state index contributed by atoms with van der Waals surface area (Å²) in [6.07, 6.45) is 0. The van der Waals surface area contributed by atoms with Crippen LogP contribution >= 0.6 is 7.82 Å². The predicted octanol–water partition coefficient (Wildman–Crippen LogP) is -2.94. The van der Waals surface area contributed by atoms with Crippen molar-refractivity contribution >= 4 is 19.8 Å². The number of hydrogen-bond donors (Lipinski definition) is 8. The zero-order valence-electron chi connectivity index (χ0n) is 8.03. The topological polar surface area (TPSA) is 320 Å². The highest BCUT2D eigenvalue weighted by Gasteiger charge is 2.04. The number of rotatable bonds is 0. The van der Waals surface area contributed by atoms with E-state index in [0.29, 0.717) is 0 Å². The summed E-state index contributed by atoms with van der Waals surface area (Å²) in [6, 6.07) is 0. The van der Waals surface area contributed by atoms with Crippen molar-refractivity contribution in [3.63, 3.8) is 0 Å². The van der Waals surface area contributed by atoms with Crippen LogP contribution in [0.1, 0.15) is 0 Å². The van der Waals surface area contributed by atoms with Crippen molar-refractivity contribution in [2.75, 3.05) is 0 Å². The first-order valence-corrected chi connectivity index (χ1v) is 3.45. The molecular weight excluding hydrogens is 257 g/mol. The summed E-state index contributed by atoms with van der Waals surface area (Å²) < 4.78 is 8.88.